The first-order chi connectivity index (χ1) is 17.4. The van der Waals surface area contributed by atoms with Gasteiger partial charge in [0.25, 0.3) is 0 Å². The van der Waals surface area contributed by atoms with Gasteiger partial charge in [-0.15, -0.1) is 0 Å². The number of nitro benzene ring substituents is 1. The first kappa shape index (κ1) is 23.4. The monoisotopic (exact) mass is 485 g/mol. The highest BCUT2D eigenvalue weighted by Crippen LogP contribution is 2.47. The van der Waals surface area contributed by atoms with E-state index < -0.39 is 22.4 Å². The Morgan fingerprint density at radius 1 is 1.06 bits per heavy atom. The quantitative estimate of drug-likeness (QED) is 0.301. The summed E-state index contributed by atoms with van der Waals surface area (Å²) in [4.78, 5) is 24.8. The van der Waals surface area contributed by atoms with Crippen molar-refractivity contribution in [2.24, 2.45) is 0 Å². The number of carbonyl (C=O) groups excluding carboxylic acids is 1. The predicted octanol–water partition coefficient (Wildman–Crippen LogP) is 5.99. The molecule has 1 aliphatic heterocycles. The van der Waals surface area contributed by atoms with E-state index in [0.717, 1.165) is 28.2 Å². The van der Waals surface area contributed by atoms with Gasteiger partial charge < -0.3 is 20.5 Å². The fourth-order valence-electron chi connectivity index (χ4n) is 5.00. The molecule has 1 heterocycles. The van der Waals surface area contributed by atoms with Crippen LogP contribution in [0.4, 0.5) is 17.1 Å². The number of fused-ring (bicyclic) bond motifs is 1. The predicted molar refractivity (Wildman–Crippen MR) is 138 cm³/mol. The lowest BCUT2D eigenvalue weighted by Gasteiger charge is -2.30. The number of phenolic OH excluding ortho intramolecular Hbond substituents is 1. The van der Waals surface area contributed by atoms with E-state index in [-0.39, 0.29) is 24.1 Å². The third kappa shape index (κ3) is 4.26. The van der Waals surface area contributed by atoms with Gasteiger partial charge in [0, 0.05) is 23.8 Å². The number of nitro groups is 1. The van der Waals surface area contributed by atoms with E-state index in [1.165, 1.54) is 6.07 Å². The Hall–Kier alpha value is -4.33. The van der Waals surface area contributed by atoms with Crippen LogP contribution >= 0.6 is 0 Å². The summed E-state index contributed by atoms with van der Waals surface area (Å²) in [5, 5.41) is 29.0. The van der Waals surface area contributed by atoms with Gasteiger partial charge in [0.05, 0.1) is 28.9 Å². The average molecular weight is 486 g/mol. The van der Waals surface area contributed by atoms with Crippen LogP contribution in [0.1, 0.15) is 48.4 Å². The number of carbonyl (C=O) groups is 1. The Morgan fingerprint density at radius 2 is 1.78 bits per heavy atom. The van der Waals surface area contributed by atoms with Crippen LogP contribution in [-0.4, -0.2) is 22.4 Å². The first-order valence-corrected chi connectivity index (χ1v) is 11.9. The van der Waals surface area contributed by atoms with E-state index in [4.69, 9.17) is 4.74 Å². The van der Waals surface area contributed by atoms with E-state index in [0.29, 0.717) is 24.0 Å². The number of phenols is 1. The fourth-order valence-corrected chi connectivity index (χ4v) is 5.00. The Kier molecular flexibility index (Phi) is 6.10. The van der Waals surface area contributed by atoms with E-state index in [9.17, 15) is 20.0 Å². The van der Waals surface area contributed by atoms with Crippen molar-refractivity contribution in [2.75, 3.05) is 17.2 Å². The number of aryl methyl sites for hydroxylation is 1. The lowest BCUT2D eigenvalue weighted by atomic mass is 9.78. The van der Waals surface area contributed by atoms with Crippen LogP contribution in [0.25, 0.3) is 0 Å². The molecule has 184 valence electrons. The van der Waals surface area contributed by atoms with Gasteiger partial charge in [-0.2, -0.15) is 0 Å². The van der Waals surface area contributed by atoms with Gasteiger partial charge in [-0.25, -0.2) is 0 Å². The number of aromatic hydroxyl groups is 1. The number of nitrogens with zero attached hydrogens (tertiary/aromatic N) is 1. The number of nitrogens with one attached hydrogen (secondary N) is 2. The molecule has 0 aromatic heterocycles. The molecule has 0 spiro atoms. The molecule has 5 rings (SSSR count). The number of Topliss-reactive ketones (excluding diaryl/α,β-unsaturated/α-hetero) is 1. The van der Waals surface area contributed by atoms with Gasteiger partial charge in [-0.05, 0) is 55.5 Å². The molecule has 3 N–H and O–H groups in total. The molecule has 0 saturated carbocycles. The van der Waals surface area contributed by atoms with Crippen molar-refractivity contribution in [2.45, 2.75) is 38.6 Å². The van der Waals surface area contributed by atoms with E-state index >= 15 is 0 Å². The molecule has 0 saturated heterocycles. The van der Waals surface area contributed by atoms with E-state index in [2.05, 4.69) is 34.9 Å². The summed E-state index contributed by atoms with van der Waals surface area (Å²) in [7, 11) is 0. The fraction of sp³-hybridized carbons (Fsp3) is 0.250. The van der Waals surface area contributed by atoms with Crippen molar-refractivity contribution < 1.29 is 19.6 Å². The molecule has 3 aromatic rings. The molecule has 1 aliphatic carbocycles. The topological polar surface area (TPSA) is 114 Å². The van der Waals surface area contributed by atoms with Gasteiger partial charge in [0.2, 0.25) is 5.75 Å². The number of hydrogen-bond acceptors (Lipinski definition) is 7. The largest absolute Gasteiger partial charge is 0.500 e. The van der Waals surface area contributed by atoms with E-state index in [1.807, 2.05) is 31.2 Å². The molecule has 3 aromatic carbocycles. The molecular weight excluding hydrogens is 458 g/mol. The SMILES string of the molecule is CCOc1cc([C@@H]2Nc3ccccc3NC3=C2C(=O)C[C@@H](c2ccc(C)cc2)C3)cc([N+](=O)[O-])c1O. The van der Waals surface area contributed by atoms with Crippen molar-refractivity contribution in [3.8, 4) is 11.5 Å². The van der Waals surface area contributed by atoms with Crippen molar-refractivity contribution in [1.82, 2.24) is 0 Å². The molecule has 8 nitrogen and oxygen atoms in total. The summed E-state index contributed by atoms with van der Waals surface area (Å²) in [6.45, 7) is 3.99. The molecule has 2 aliphatic rings. The maximum atomic E-state index is 13.7. The zero-order valence-electron chi connectivity index (χ0n) is 20.1. The average Bonchev–Trinajstić information content (AvgIpc) is 3.02. The Morgan fingerprint density at radius 3 is 2.47 bits per heavy atom. The van der Waals surface area contributed by atoms with Crippen LogP contribution in [0.3, 0.4) is 0 Å². The minimum atomic E-state index is -0.666. The van der Waals surface area contributed by atoms with Crippen LogP contribution in [0.2, 0.25) is 0 Å². The summed E-state index contributed by atoms with van der Waals surface area (Å²) < 4.78 is 5.51. The highest BCUT2D eigenvalue weighted by Gasteiger charge is 2.37. The number of benzene rings is 3. The summed E-state index contributed by atoms with van der Waals surface area (Å²) in [5.41, 5.74) is 5.18. The molecule has 8 heteroatoms. The van der Waals surface area contributed by atoms with Crippen LogP contribution in [0.15, 0.2) is 71.9 Å². The van der Waals surface area contributed by atoms with Crippen LogP contribution in [0.5, 0.6) is 11.5 Å². The second-order valence-corrected chi connectivity index (χ2v) is 9.16. The number of allylic oxidation sites excluding steroid dienone is 1. The Bertz CT molecular complexity index is 1380. The minimum absolute atomic E-state index is 0.0110. The van der Waals surface area contributed by atoms with Crippen molar-refractivity contribution in [3.63, 3.8) is 0 Å². The smallest absolute Gasteiger partial charge is 0.315 e. The maximum Gasteiger partial charge on any atom is 0.315 e. The summed E-state index contributed by atoms with van der Waals surface area (Å²) in [6.07, 6.45) is 0.950. The highest BCUT2D eigenvalue weighted by atomic mass is 16.6. The van der Waals surface area contributed by atoms with Gasteiger partial charge in [-0.3, -0.25) is 14.9 Å². The maximum absolute atomic E-state index is 13.7. The molecule has 0 fully saturated rings. The molecule has 2 atom stereocenters. The standard InChI is InChI=1S/C28H27N3O5/c1-3-36-25-15-19(13-23(28(25)33)31(34)35)27-26-22(29-20-6-4-5-7-21(20)30-27)12-18(14-24(26)32)17-10-8-16(2)9-11-17/h4-11,13,15,18,27,29-30,33H,3,12,14H2,1-2H3/t18-,27-/m0/s1. The number of hydrogen-bond donors (Lipinski definition) is 3. The summed E-state index contributed by atoms with van der Waals surface area (Å²) in [6, 6.07) is 18.1. The Labute approximate surface area is 208 Å². The third-order valence-electron chi connectivity index (χ3n) is 6.76. The molecule has 0 bridgehead atoms. The van der Waals surface area contributed by atoms with Crippen molar-refractivity contribution in [3.05, 3.63) is 98.7 Å². The number of anilines is 2. The van der Waals surface area contributed by atoms with Crippen LogP contribution in [-0.2, 0) is 4.79 Å². The first-order valence-electron chi connectivity index (χ1n) is 11.9. The number of rotatable bonds is 5. The summed E-state index contributed by atoms with van der Waals surface area (Å²) >= 11 is 0. The normalized spacial score (nSPS) is 18.9. The van der Waals surface area contributed by atoms with Crippen molar-refractivity contribution >= 4 is 22.8 Å². The van der Waals surface area contributed by atoms with Gasteiger partial charge in [0.15, 0.2) is 11.5 Å². The molecule has 0 amide bonds. The second kappa shape index (κ2) is 9.37. The van der Waals surface area contributed by atoms with Gasteiger partial charge in [0.1, 0.15) is 0 Å². The van der Waals surface area contributed by atoms with Crippen LogP contribution in [0, 0.1) is 17.0 Å². The zero-order valence-corrected chi connectivity index (χ0v) is 20.1. The lowest BCUT2D eigenvalue weighted by molar-refractivity contribution is -0.386. The van der Waals surface area contributed by atoms with Crippen molar-refractivity contribution in [1.29, 1.82) is 0 Å². The molecular formula is C28H27N3O5. The van der Waals surface area contributed by atoms with E-state index in [1.54, 1.807) is 13.0 Å². The second-order valence-electron chi connectivity index (χ2n) is 9.16. The summed E-state index contributed by atoms with van der Waals surface area (Å²) in [5.74, 6) is -0.532. The molecule has 0 unspecified atom stereocenters. The Balaban J connectivity index is 1.65. The van der Waals surface area contributed by atoms with Crippen LogP contribution < -0.4 is 15.4 Å². The minimum Gasteiger partial charge on any atom is -0.500 e. The number of para-hydroxylation sites is 2. The zero-order chi connectivity index (χ0) is 25.4. The lowest BCUT2D eigenvalue weighted by Crippen LogP contribution is -2.27. The number of ether oxygens (including phenoxy) is 1. The van der Waals surface area contributed by atoms with Gasteiger partial charge >= 0.3 is 5.69 Å². The number of ketones is 1. The molecule has 0 radical (unpaired) electrons. The third-order valence-corrected chi connectivity index (χ3v) is 6.76. The van der Waals surface area contributed by atoms with Gasteiger partial charge in [-0.1, -0.05) is 42.0 Å². The molecule has 36 heavy (non-hydrogen) atoms. The highest BCUT2D eigenvalue weighted by molar-refractivity contribution is 6.01.